The number of thiocarbonyl (C=S) groups is 1. The number of nitrogens with zero attached hydrogens (tertiary/aromatic N) is 1. The highest BCUT2D eigenvalue weighted by atomic mass is 32.1. The van der Waals surface area contributed by atoms with Crippen molar-refractivity contribution < 1.29 is 0 Å². The van der Waals surface area contributed by atoms with Crippen LogP contribution < -0.4 is 17.2 Å². The fourth-order valence-electron chi connectivity index (χ4n) is 3.14. The predicted octanol–water partition coefficient (Wildman–Crippen LogP) is 3.14. The zero-order chi connectivity index (χ0) is 20.1. The molecule has 1 heterocycles. The molecular weight excluding hydrogens is 366 g/mol. The summed E-state index contributed by atoms with van der Waals surface area (Å²) in [5.41, 5.74) is 23.2. The monoisotopic (exact) mass is 391 g/mol. The molecule has 3 rings (SSSR count). The Morgan fingerprint density at radius 2 is 1.96 bits per heavy atom. The van der Waals surface area contributed by atoms with Crippen LogP contribution in [0.5, 0.6) is 0 Å². The Labute approximate surface area is 171 Å². The third-order valence-electron chi connectivity index (χ3n) is 4.88. The third kappa shape index (κ3) is 4.47. The SMILES string of the molecule is N=C(/C(N)=C/c1cccc(CN2CCC2)c1)c1cc(C(C=S)=CN)ccc1N. The number of rotatable bonds is 7. The van der Waals surface area contributed by atoms with Crippen LogP contribution in [0, 0.1) is 5.41 Å². The third-order valence-corrected chi connectivity index (χ3v) is 5.13. The van der Waals surface area contributed by atoms with Crippen LogP contribution in [-0.2, 0) is 6.54 Å². The van der Waals surface area contributed by atoms with Crippen LogP contribution in [0.3, 0.4) is 0 Å². The van der Waals surface area contributed by atoms with Gasteiger partial charge in [0.05, 0.1) is 11.4 Å². The first kappa shape index (κ1) is 19.8. The topological polar surface area (TPSA) is 105 Å². The van der Waals surface area contributed by atoms with Gasteiger partial charge in [0.1, 0.15) is 0 Å². The Kier molecular flexibility index (Phi) is 6.23. The fourth-order valence-corrected chi connectivity index (χ4v) is 3.36. The van der Waals surface area contributed by atoms with Crippen LogP contribution in [0.15, 0.2) is 54.4 Å². The summed E-state index contributed by atoms with van der Waals surface area (Å²) in [7, 11) is 0. The van der Waals surface area contributed by atoms with E-state index in [0.717, 1.165) is 30.8 Å². The van der Waals surface area contributed by atoms with E-state index in [4.69, 9.17) is 34.8 Å². The molecule has 2 aromatic rings. The molecule has 0 radical (unpaired) electrons. The molecule has 28 heavy (non-hydrogen) atoms. The van der Waals surface area contributed by atoms with Crippen molar-refractivity contribution in [3.63, 3.8) is 0 Å². The maximum absolute atomic E-state index is 8.51. The Morgan fingerprint density at radius 1 is 1.18 bits per heavy atom. The fraction of sp³-hybridized carbons (Fsp3) is 0.182. The van der Waals surface area contributed by atoms with Gasteiger partial charge in [-0.15, -0.1) is 0 Å². The summed E-state index contributed by atoms with van der Waals surface area (Å²) < 4.78 is 0. The largest absolute Gasteiger partial charge is 0.404 e. The minimum Gasteiger partial charge on any atom is -0.404 e. The molecule has 144 valence electrons. The summed E-state index contributed by atoms with van der Waals surface area (Å²) in [5, 5.41) is 10.0. The van der Waals surface area contributed by atoms with Crippen LogP contribution in [0.2, 0.25) is 0 Å². The Morgan fingerprint density at radius 3 is 2.61 bits per heavy atom. The van der Waals surface area contributed by atoms with E-state index in [2.05, 4.69) is 17.0 Å². The van der Waals surface area contributed by atoms with Crippen molar-refractivity contribution in [3.8, 4) is 0 Å². The lowest BCUT2D eigenvalue weighted by Crippen LogP contribution is -2.36. The minimum absolute atomic E-state index is 0.174. The summed E-state index contributed by atoms with van der Waals surface area (Å²) in [6.07, 6.45) is 4.52. The molecular formula is C22H25N5S. The van der Waals surface area contributed by atoms with Crippen molar-refractivity contribution in [2.45, 2.75) is 13.0 Å². The minimum atomic E-state index is 0.174. The molecule has 7 N–H and O–H groups in total. The van der Waals surface area contributed by atoms with Gasteiger partial charge in [-0.05, 0) is 54.4 Å². The lowest BCUT2D eigenvalue weighted by atomic mass is 9.98. The zero-order valence-electron chi connectivity index (χ0n) is 15.7. The van der Waals surface area contributed by atoms with Gasteiger partial charge >= 0.3 is 0 Å². The summed E-state index contributed by atoms with van der Waals surface area (Å²) in [6, 6.07) is 13.6. The maximum Gasteiger partial charge on any atom is 0.0862 e. The smallest absolute Gasteiger partial charge is 0.0862 e. The first-order valence-electron chi connectivity index (χ1n) is 9.16. The number of anilines is 1. The first-order chi connectivity index (χ1) is 13.5. The van der Waals surface area contributed by atoms with Crippen LogP contribution in [0.4, 0.5) is 5.69 Å². The molecule has 0 spiro atoms. The molecule has 0 amide bonds. The van der Waals surface area contributed by atoms with Gasteiger partial charge in [-0.25, -0.2) is 0 Å². The van der Waals surface area contributed by atoms with Crippen molar-refractivity contribution in [3.05, 3.63) is 76.6 Å². The van der Waals surface area contributed by atoms with Crippen molar-refractivity contribution in [2.24, 2.45) is 11.5 Å². The quantitative estimate of drug-likeness (QED) is 0.251. The van der Waals surface area contributed by atoms with Crippen molar-refractivity contribution in [2.75, 3.05) is 18.8 Å². The molecule has 1 saturated heterocycles. The van der Waals surface area contributed by atoms with Gasteiger partial charge in [0.15, 0.2) is 0 Å². The molecule has 5 nitrogen and oxygen atoms in total. The van der Waals surface area contributed by atoms with Crippen LogP contribution in [0.1, 0.15) is 28.7 Å². The normalized spacial score (nSPS) is 15.1. The summed E-state index contributed by atoms with van der Waals surface area (Å²) in [5.74, 6) is 0. The molecule has 1 fully saturated rings. The number of hydrogen-bond acceptors (Lipinski definition) is 6. The molecule has 0 atom stereocenters. The van der Waals surface area contributed by atoms with E-state index in [1.54, 1.807) is 12.1 Å². The van der Waals surface area contributed by atoms with Crippen molar-refractivity contribution in [1.29, 1.82) is 5.41 Å². The number of allylic oxidation sites excluding steroid dienone is 2. The number of hydrogen-bond donors (Lipinski definition) is 4. The van der Waals surface area contributed by atoms with Crippen LogP contribution in [0.25, 0.3) is 11.6 Å². The Bertz CT molecular complexity index is 957. The molecule has 6 heteroatoms. The van der Waals surface area contributed by atoms with Gasteiger partial charge in [-0.2, -0.15) is 0 Å². The molecule has 2 aromatic carbocycles. The number of nitrogens with two attached hydrogens (primary N) is 3. The number of nitrogen functional groups attached to an aromatic ring is 1. The molecule has 1 aliphatic heterocycles. The van der Waals surface area contributed by atoms with E-state index < -0.39 is 0 Å². The first-order valence-corrected chi connectivity index (χ1v) is 9.63. The Hall–Kier alpha value is -2.96. The van der Waals surface area contributed by atoms with E-state index in [0.29, 0.717) is 22.5 Å². The van der Waals surface area contributed by atoms with E-state index >= 15 is 0 Å². The van der Waals surface area contributed by atoms with Gasteiger partial charge < -0.3 is 17.2 Å². The second-order valence-electron chi connectivity index (χ2n) is 6.89. The highest BCUT2D eigenvalue weighted by molar-refractivity contribution is 7.79. The second kappa shape index (κ2) is 8.82. The molecule has 1 aliphatic rings. The van der Waals surface area contributed by atoms with Crippen LogP contribution in [-0.4, -0.2) is 29.1 Å². The molecule has 0 unspecified atom stereocenters. The predicted molar refractivity (Wildman–Crippen MR) is 122 cm³/mol. The van der Waals surface area contributed by atoms with E-state index in [9.17, 15) is 0 Å². The van der Waals surface area contributed by atoms with Crippen molar-refractivity contribution in [1.82, 2.24) is 4.90 Å². The molecule has 0 aliphatic carbocycles. The summed E-state index contributed by atoms with van der Waals surface area (Å²) in [4.78, 5) is 2.40. The van der Waals surface area contributed by atoms with Gasteiger partial charge in [-0.3, -0.25) is 10.3 Å². The van der Waals surface area contributed by atoms with Gasteiger partial charge in [-0.1, -0.05) is 42.5 Å². The average Bonchev–Trinajstić information content (AvgIpc) is 2.66. The standard InChI is InChI=1S/C22H25N5S/c23-12-18(14-28)17-5-6-20(24)19(11-17)22(26)21(25)10-15-3-1-4-16(9-15)13-27-7-2-8-27/h1,3-6,9-12,14,26H,2,7-8,13,23-25H2/b18-12?,21-10-,26-22?. The van der Waals surface area contributed by atoms with Crippen molar-refractivity contribution >= 4 is 40.6 Å². The summed E-state index contributed by atoms with van der Waals surface area (Å²) in [6.45, 7) is 3.26. The lowest BCUT2D eigenvalue weighted by Gasteiger charge is -2.30. The van der Waals surface area contributed by atoms with Crippen LogP contribution >= 0.6 is 12.2 Å². The molecule has 0 saturated carbocycles. The second-order valence-corrected chi connectivity index (χ2v) is 7.13. The number of likely N-dealkylation sites (tertiary alicyclic amines) is 1. The van der Waals surface area contributed by atoms with E-state index in [1.807, 2.05) is 24.3 Å². The highest BCUT2D eigenvalue weighted by Crippen LogP contribution is 2.22. The van der Waals surface area contributed by atoms with Gasteiger partial charge in [0.25, 0.3) is 0 Å². The van der Waals surface area contributed by atoms with Gasteiger partial charge in [0, 0.05) is 34.9 Å². The molecule has 0 bridgehead atoms. The number of nitrogens with one attached hydrogen (secondary N) is 1. The van der Waals surface area contributed by atoms with Gasteiger partial charge in [0.2, 0.25) is 0 Å². The zero-order valence-corrected chi connectivity index (χ0v) is 16.5. The number of benzene rings is 2. The Balaban J connectivity index is 1.85. The van der Waals surface area contributed by atoms with E-state index in [1.165, 1.54) is 23.6 Å². The highest BCUT2D eigenvalue weighted by Gasteiger charge is 2.14. The van der Waals surface area contributed by atoms with E-state index in [-0.39, 0.29) is 5.71 Å². The summed E-state index contributed by atoms with van der Waals surface area (Å²) >= 11 is 4.99. The average molecular weight is 392 g/mol. The molecule has 0 aromatic heterocycles. The lowest BCUT2D eigenvalue weighted by molar-refractivity contribution is 0.172. The maximum atomic E-state index is 8.51.